The molecule has 1 aliphatic carbocycles. The molecule has 2 fully saturated rings. The topological polar surface area (TPSA) is 44.7 Å². The Kier molecular flexibility index (Phi) is 3.85. The van der Waals surface area contributed by atoms with Crippen LogP contribution < -0.4 is 10.2 Å². The molecule has 0 radical (unpaired) electrons. The quantitative estimate of drug-likeness (QED) is 0.890. The summed E-state index contributed by atoms with van der Waals surface area (Å²) in [6.07, 6.45) is 3.98. The molecule has 2 aliphatic rings. The van der Waals surface area contributed by atoms with Gasteiger partial charge in [0.15, 0.2) is 0 Å². The Labute approximate surface area is 120 Å². The molecule has 4 heteroatoms. The van der Waals surface area contributed by atoms with Crippen LogP contribution in [0.3, 0.4) is 0 Å². The van der Waals surface area contributed by atoms with Crippen molar-refractivity contribution in [2.24, 2.45) is 0 Å². The molecule has 2 N–H and O–H groups in total. The van der Waals surface area contributed by atoms with E-state index < -0.39 is 0 Å². The fourth-order valence-electron chi connectivity index (χ4n) is 3.48. The second-order valence-electron chi connectivity index (χ2n) is 5.85. The first-order chi connectivity index (χ1) is 9.70. The van der Waals surface area contributed by atoms with Gasteiger partial charge in [-0.15, -0.1) is 0 Å². The van der Waals surface area contributed by atoms with Crippen molar-refractivity contribution in [3.05, 3.63) is 23.8 Å². The zero-order chi connectivity index (χ0) is 14.1. The predicted octanol–water partition coefficient (Wildman–Crippen LogP) is 2.43. The number of phenolic OH excluding ortho intramolecular Hbond substituents is 1. The summed E-state index contributed by atoms with van der Waals surface area (Å²) in [4.78, 5) is 2.41. The molecule has 110 valence electrons. The van der Waals surface area contributed by atoms with Gasteiger partial charge in [0.1, 0.15) is 5.75 Å². The molecule has 0 aromatic heterocycles. The lowest BCUT2D eigenvalue weighted by Crippen LogP contribution is -2.48. The number of morpholine rings is 1. The summed E-state index contributed by atoms with van der Waals surface area (Å²) in [5.74, 6) is 0.380. The van der Waals surface area contributed by atoms with Gasteiger partial charge < -0.3 is 20.1 Å². The lowest BCUT2D eigenvalue weighted by molar-refractivity contribution is 0.0256. The minimum absolute atomic E-state index is 0.160. The van der Waals surface area contributed by atoms with Gasteiger partial charge >= 0.3 is 0 Å². The average Bonchev–Trinajstić information content (AvgIpc) is 2.94. The molecule has 3 atom stereocenters. The van der Waals surface area contributed by atoms with Gasteiger partial charge in [0.05, 0.1) is 18.8 Å². The van der Waals surface area contributed by atoms with Crippen molar-refractivity contribution in [2.75, 3.05) is 25.1 Å². The van der Waals surface area contributed by atoms with Crippen molar-refractivity contribution in [3.8, 4) is 5.75 Å². The number of nitrogens with one attached hydrogen (secondary N) is 1. The molecule has 3 rings (SSSR count). The van der Waals surface area contributed by atoms with E-state index in [1.165, 1.54) is 19.3 Å². The first-order valence-corrected chi connectivity index (χ1v) is 7.59. The zero-order valence-electron chi connectivity index (χ0n) is 12.3. The van der Waals surface area contributed by atoms with Gasteiger partial charge in [-0.1, -0.05) is 6.07 Å². The van der Waals surface area contributed by atoms with E-state index in [2.05, 4.69) is 23.2 Å². The van der Waals surface area contributed by atoms with E-state index in [0.717, 1.165) is 24.4 Å². The summed E-state index contributed by atoms with van der Waals surface area (Å²) in [5, 5.41) is 13.4. The van der Waals surface area contributed by atoms with Crippen LogP contribution in [-0.2, 0) is 4.74 Å². The van der Waals surface area contributed by atoms with E-state index in [1.54, 1.807) is 0 Å². The van der Waals surface area contributed by atoms with E-state index in [-0.39, 0.29) is 6.04 Å². The molecule has 20 heavy (non-hydrogen) atoms. The number of anilines is 1. The van der Waals surface area contributed by atoms with E-state index in [1.807, 2.05) is 19.2 Å². The van der Waals surface area contributed by atoms with Crippen LogP contribution in [-0.4, -0.2) is 37.5 Å². The first kappa shape index (κ1) is 13.7. The fourth-order valence-corrected chi connectivity index (χ4v) is 3.48. The Hall–Kier alpha value is -1.26. The molecule has 1 saturated carbocycles. The van der Waals surface area contributed by atoms with Crippen LogP contribution in [0, 0.1) is 0 Å². The molecule has 1 heterocycles. The summed E-state index contributed by atoms with van der Waals surface area (Å²) >= 11 is 0. The van der Waals surface area contributed by atoms with Crippen molar-refractivity contribution in [2.45, 2.75) is 44.4 Å². The predicted molar refractivity (Wildman–Crippen MR) is 80.3 cm³/mol. The van der Waals surface area contributed by atoms with Gasteiger partial charge in [0.2, 0.25) is 0 Å². The lowest BCUT2D eigenvalue weighted by Gasteiger charge is -2.39. The summed E-state index contributed by atoms with van der Waals surface area (Å²) < 4.78 is 5.85. The van der Waals surface area contributed by atoms with Crippen LogP contribution in [0.15, 0.2) is 18.2 Å². The third-order valence-corrected chi connectivity index (χ3v) is 4.73. The van der Waals surface area contributed by atoms with Crippen LogP contribution in [0.4, 0.5) is 5.69 Å². The molecule has 1 aromatic rings. The highest BCUT2D eigenvalue weighted by Gasteiger charge is 2.36. The standard InChI is InChI=1S/C16H24N2O2/c1-11(17-2)13-7-6-12(10-15(13)19)18-8-9-20-16-5-3-4-14(16)18/h6-7,10-11,14,16-17,19H,3-5,8-9H2,1-2H3. The first-order valence-electron chi connectivity index (χ1n) is 7.59. The maximum atomic E-state index is 10.3. The number of hydrogen-bond donors (Lipinski definition) is 2. The van der Waals surface area contributed by atoms with Gasteiger partial charge in [-0.2, -0.15) is 0 Å². The number of nitrogens with zero attached hydrogens (tertiary/aromatic N) is 1. The van der Waals surface area contributed by atoms with Gasteiger partial charge in [-0.3, -0.25) is 0 Å². The monoisotopic (exact) mass is 276 g/mol. The highest BCUT2D eigenvalue weighted by molar-refractivity contribution is 5.55. The van der Waals surface area contributed by atoms with Crippen LogP contribution in [0.25, 0.3) is 0 Å². The van der Waals surface area contributed by atoms with Crippen molar-refractivity contribution in [1.82, 2.24) is 5.32 Å². The summed E-state index contributed by atoms with van der Waals surface area (Å²) in [7, 11) is 1.91. The van der Waals surface area contributed by atoms with Crippen molar-refractivity contribution < 1.29 is 9.84 Å². The van der Waals surface area contributed by atoms with E-state index in [4.69, 9.17) is 4.74 Å². The molecule has 1 saturated heterocycles. The molecular formula is C16H24N2O2. The molecular weight excluding hydrogens is 252 g/mol. The fraction of sp³-hybridized carbons (Fsp3) is 0.625. The second-order valence-corrected chi connectivity index (χ2v) is 5.85. The number of phenols is 1. The van der Waals surface area contributed by atoms with Crippen LogP contribution in [0.1, 0.15) is 37.8 Å². The zero-order valence-corrected chi connectivity index (χ0v) is 12.3. The minimum Gasteiger partial charge on any atom is -0.508 e. The number of fused-ring (bicyclic) bond motifs is 1. The van der Waals surface area contributed by atoms with Gasteiger partial charge in [0.25, 0.3) is 0 Å². The summed E-state index contributed by atoms with van der Waals surface area (Å²) in [6, 6.07) is 6.71. The molecule has 1 aliphatic heterocycles. The van der Waals surface area contributed by atoms with E-state index >= 15 is 0 Å². The Bertz CT molecular complexity index is 478. The Morgan fingerprint density at radius 3 is 3.00 bits per heavy atom. The smallest absolute Gasteiger partial charge is 0.122 e. The van der Waals surface area contributed by atoms with E-state index in [0.29, 0.717) is 17.9 Å². The number of ether oxygens (including phenoxy) is 1. The minimum atomic E-state index is 0.160. The molecule has 0 bridgehead atoms. The van der Waals surface area contributed by atoms with Gasteiger partial charge in [-0.25, -0.2) is 0 Å². The molecule has 4 nitrogen and oxygen atoms in total. The Morgan fingerprint density at radius 2 is 2.25 bits per heavy atom. The SMILES string of the molecule is CNC(C)c1ccc(N2CCOC3CCCC32)cc1O. The highest BCUT2D eigenvalue weighted by atomic mass is 16.5. The molecule has 0 spiro atoms. The number of hydrogen-bond acceptors (Lipinski definition) is 4. The molecule has 0 amide bonds. The lowest BCUT2D eigenvalue weighted by atomic mass is 10.0. The normalized spacial score (nSPS) is 27.4. The van der Waals surface area contributed by atoms with Gasteiger partial charge in [0, 0.05) is 29.9 Å². The van der Waals surface area contributed by atoms with Crippen LogP contribution >= 0.6 is 0 Å². The molecule has 3 unspecified atom stereocenters. The van der Waals surface area contributed by atoms with Crippen LogP contribution in [0.2, 0.25) is 0 Å². The number of aromatic hydroxyl groups is 1. The average molecular weight is 276 g/mol. The van der Waals surface area contributed by atoms with Crippen molar-refractivity contribution >= 4 is 5.69 Å². The maximum Gasteiger partial charge on any atom is 0.122 e. The van der Waals surface area contributed by atoms with Crippen molar-refractivity contribution in [3.63, 3.8) is 0 Å². The third-order valence-electron chi connectivity index (χ3n) is 4.73. The van der Waals surface area contributed by atoms with E-state index in [9.17, 15) is 5.11 Å². The third kappa shape index (κ3) is 2.38. The molecule has 1 aromatic carbocycles. The largest absolute Gasteiger partial charge is 0.508 e. The Balaban J connectivity index is 1.85. The van der Waals surface area contributed by atoms with Gasteiger partial charge in [-0.05, 0) is 39.3 Å². The second kappa shape index (κ2) is 5.62. The summed E-state index contributed by atoms with van der Waals surface area (Å²) in [5.41, 5.74) is 2.07. The summed E-state index contributed by atoms with van der Waals surface area (Å²) in [6.45, 7) is 3.76. The maximum absolute atomic E-state index is 10.3. The van der Waals surface area contributed by atoms with Crippen molar-refractivity contribution in [1.29, 1.82) is 0 Å². The highest BCUT2D eigenvalue weighted by Crippen LogP contribution is 2.35. The Morgan fingerprint density at radius 1 is 1.40 bits per heavy atom. The van der Waals surface area contributed by atoms with Crippen LogP contribution in [0.5, 0.6) is 5.75 Å². The number of benzene rings is 1. The number of rotatable bonds is 3.